The van der Waals surface area contributed by atoms with Gasteiger partial charge in [0.15, 0.2) is 0 Å². The van der Waals surface area contributed by atoms with Gasteiger partial charge in [-0.15, -0.1) is 0 Å². The highest BCUT2D eigenvalue weighted by atomic mass is 127. The summed E-state index contributed by atoms with van der Waals surface area (Å²) in [5.41, 5.74) is 13.2. The third-order valence-electron chi connectivity index (χ3n) is 13.7. The number of rotatable bonds is 12. The van der Waals surface area contributed by atoms with Crippen molar-refractivity contribution >= 4 is 85.6 Å². The topological polar surface area (TPSA) is 289 Å². The predicted octanol–water partition coefficient (Wildman–Crippen LogP) is 8.08. The molecule has 2 aromatic heterocycles. The van der Waals surface area contributed by atoms with Gasteiger partial charge in [-0.2, -0.15) is 36.5 Å². The number of aromatic nitrogens is 4. The Morgan fingerprint density at radius 1 is 0.600 bits per heavy atom. The first-order chi connectivity index (χ1) is 42.1. The van der Waals surface area contributed by atoms with Gasteiger partial charge in [0.2, 0.25) is 17.7 Å². The molecule has 3 saturated heterocycles. The molecule has 21 nitrogen and oxygen atoms in total. The van der Waals surface area contributed by atoms with Crippen LogP contribution in [0.1, 0.15) is 74.8 Å². The van der Waals surface area contributed by atoms with E-state index in [4.69, 9.17) is 25.1 Å². The zero-order chi connectivity index (χ0) is 67.3. The SMILES string of the molecule is CC(F)(F)C(=O)O.CN.COc1ccc(F)c(C2NC(=O)C[C@@H]2N)c1.COc1ccc(F)c(C2NC(=O)C[C@@H]2NC(=O)C(C)(F)F)c1.COc1ccc(F)c(C2[C@@H](NC(=O)C(C)(F)F)CC(=O)N2c2ccc3c(cnn3C)c2)c1.Cn1ncc2cc(I)ccc21. The first kappa shape index (κ1) is 72.0. The Kier molecular flexibility index (Phi) is 24.5. The maximum atomic E-state index is 14.9. The van der Waals surface area contributed by atoms with Crippen LogP contribution in [0.2, 0.25) is 0 Å². The van der Waals surface area contributed by atoms with Crippen LogP contribution in [-0.2, 0) is 42.9 Å². The fraction of sp³-hybridized carbons (Fsp3) is 0.356. The average Bonchev–Trinajstić information content (AvgIpc) is 1.66. The highest BCUT2D eigenvalue weighted by molar-refractivity contribution is 14.1. The minimum Gasteiger partial charge on any atom is -0.497 e. The molecular weight excluding hydrogens is 1320 g/mol. The van der Waals surface area contributed by atoms with E-state index in [0.717, 1.165) is 17.0 Å². The summed E-state index contributed by atoms with van der Waals surface area (Å²) in [6.07, 6.45) is 3.26. The molecule has 90 heavy (non-hydrogen) atoms. The van der Waals surface area contributed by atoms with Crippen molar-refractivity contribution in [1.29, 1.82) is 0 Å². The van der Waals surface area contributed by atoms with E-state index in [1.54, 1.807) is 42.2 Å². The molecule has 6 atom stereocenters. The zero-order valence-electron chi connectivity index (χ0n) is 49.7. The van der Waals surface area contributed by atoms with E-state index in [2.05, 4.69) is 78.0 Å². The highest BCUT2D eigenvalue weighted by Gasteiger charge is 2.47. The number of benzene rings is 5. The number of nitrogens with one attached hydrogen (secondary N) is 4. The second kappa shape index (κ2) is 30.7. The first-order valence-electron chi connectivity index (χ1n) is 26.9. The van der Waals surface area contributed by atoms with Gasteiger partial charge in [0.1, 0.15) is 34.7 Å². The number of halogens is 10. The molecule has 5 aromatic carbocycles. The highest BCUT2D eigenvalue weighted by Crippen LogP contribution is 2.41. The molecule has 3 fully saturated rings. The van der Waals surface area contributed by atoms with E-state index in [9.17, 15) is 68.3 Å². The van der Waals surface area contributed by atoms with Crippen LogP contribution in [0.15, 0.2) is 103 Å². The normalized spacial score (nSPS) is 18.5. The Balaban J connectivity index is 0.000000220. The van der Waals surface area contributed by atoms with Gasteiger partial charge in [-0.25, -0.2) is 18.0 Å². The number of hydrogen-bond donors (Lipinski definition) is 7. The summed E-state index contributed by atoms with van der Waals surface area (Å²) in [5.74, 6) is -17.4. The maximum Gasteiger partial charge on any atom is 0.374 e. The molecule has 31 heteroatoms. The van der Waals surface area contributed by atoms with Crippen molar-refractivity contribution in [3.63, 3.8) is 0 Å². The lowest BCUT2D eigenvalue weighted by molar-refractivity contribution is -0.162. The van der Waals surface area contributed by atoms with Gasteiger partial charge in [0, 0.05) is 96.9 Å². The number of methoxy groups -OCH3 is 3. The summed E-state index contributed by atoms with van der Waals surface area (Å²) in [4.78, 5) is 69.7. The fourth-order valence-electron chi connectivity index (χ4n) is 9.26. The number of carboxylic acids is 1. The van der Waals surface area contributed by atoms with Crippen molar-refractivity contribution in [3.8, 4) is 17.2 Å². The smallest absolute Gasteiger partial charge is 0.374 e. The number of aryl methyl sites for hydroxylation is 2. The van der Waals surface area contributed by atoms with Gasteiger partial charge in [0.25, 0.3) is 11.8 Å². The molecule has 0 aliphatic carbocycles. The molecule has 3 unspecified atom stereocenters. The molecule has 5 heterocycles. The molecule has 0 radical (unpaired) electrons. The number of alkyl halides is 6. The number of ether oxygens (including phenoxy) is 3. The Morgan fingerprint density at radius 2 is 1.01 bits per heavy atom. The van der Waals surface area contributed by atoms with Crippen molar-refractivity contribution < 1.29 is 87.6 Å². The van der Waals surface area contributed by atoms with Crippen LogP contribution in [0.5, 0.6) is 17.2 Å². The van der Waals surface area contributed by atoms with Crippen molar-refractivity contribution in [3.05, 3.63) is 141 Å². The van der Waals surface area contributed by atoms with Crippen LogP contribution in [0.25, 0.3) is 21.8 Å². The fourth-order valence-corrected chi connectivity index (χ4v) is 9.77. The number of hydrogen-bond acceptors (Lipinski definition) is 13. The third-order valence-corrected chi connectivity index (χ3v) is 14.4. The standard InChI is InChI=1S/C22H21F3N4O3.C14H15F3N2O3.C11H13FN2O2.C8H7IN2.C3H4F2O2.CH5N/c1-22(24,25)21(31)27-17-10-19(30)29(13-4-7-18-12(8-13)11-26-28(18)2)20(17)15-9-14(32-3)5-6-16(15)23;1-14(16,17)13(21)18-10-6-11(20)19-12(10)8-5-7(22-2)3-4-9(8)15;1-16-6-2-3-8(12)7(4-6)11-9(13)5-10(15)14-11;1-11-8-3-2-7(9)4-6(8)5-10-11;1-3(4,5)2(6)7;1-2/h4-9,11,17,20H,10H2,1-3H3,(H,27,31);3-5,10,12H,6H2,1-2H3,(H,18,21)(H,19,20);2-4,9,11H,5,13H2,1H3,(H,14,15);2-5H,1H3;1H3,(H,6,7);2H2,1H3/t17-,20?;10-,12?;9-,11?;;;/m000.../s1. The number of anilines is 1. The van der Waals surface area contributed by atoms with E-state index in [1.807, 2.05) is 17.9 Å². The van der Waals surface area contributed by atoms with Gasteiger partial charge in [-0.1, -0.05) is 0 Å². The van der Waals surface area contributed by atoms with Crippen LogP contribution >= 0.6 is 22.6 Å². The minimum atomic E-state index is -3.65. The summed E-state index contributed by atoms with van der Waals surface area (Å²) in [5, 5.41) is 27.2. The van der Waals surface area contributed by atoms with Crippen molar-refractivity contribution in [2.75, 3.05) is 33.3 Å². The summed E-state index contributed by atoms with van der Waals surface area (Å²) in [6, 6.07) is 18.8. The molecule has 0 spiro atoms. The number of carboxylic acid groups (broad SMARTS) is 1. The lowest BCUT2D eigenvalue weighted by atomic mass is 9.98. The van der Waals surface area contributed by atoms with Crippen molar-refractivity contribution in [2.24, 2.45) is 25.6 Å². The zero-order valence-corrected chi connectivity index (χ0v) is 51.8. The van der Waals surface area contributed by atoms with Gasteiger partial charge in [-0.05, 0) is 121 Å². The van der Waals surface area contributed by atoms with Crippen molar-refractivity contribution in [1.82, 2.24) is 40.8 Å². The molecule has 9 N–H and O–H groups in total. The number of amides is 5. The molecule has 10 rings (SSSR count). The summed E-state index contributed by atoms with van der Waals surface area (Å²) >= 11 is 2.30. The molecule has 0 bridgehead atoms. The van der Waals surface area contributed by atoms with Gasteiger partial charge in [-0.3, -0.25) is 33.3 Å². The van der Waals surface area contributed by atoms with E-state index < -0.39 is 95.3 Å². The van der Waals surface area contributed by atoms with E-state index in [1.165, 1.54) is 90.2 Å². The van der Waals surface area contributed by atoms with Crippen LogP contribution in [0.4, 0.5) is 45.2 Å². The number of carbonyl (C=O) groups is 6. The van der Waals surface area contributed by atoms with Crippen LogP contribution in [0, 0.1) is 21.0 Å². The van der Waals surface area contributed by atoms with Gasteiger partial charge < -0.3 is 57.0 Å². The number of aliphatic carboxylic acids is 1. The van der Waals surface area contributed by atoms with Crippen LogP contribution in [0.3, 0.4) is 0 Å². The monoisotopic (exact) mass is 1390 g/mol. The Bertz CT molecular complexity index is 3710. The second-order valence-electron chi connectivity index (χ2n) is 20.4. The molecule has 5 amide bonds. The maximum absolute atomic E-state index is 14.9. The van der Waals surface area contributed by atoms with E-state index in [0.29, 0.717) is 49.3 Å². The Labute approximate surface area is 523 Å². The molecular formula is C59H65F9IN11O10. The second-order valence-corrected chi connectivity index (χ2v) is 21.6. The summed E-state index contributed by atoms with van der Waals surface area (Å²) < 4.78 is 138. The predicted molar refractivity (Wildman–Crippen MR) is 320 cm³/mol. The number of nitrogens with zero attached hydrogens (tertiary/aromatic N) is 5. The molecule has 3 aliphatic rings. The number of fused-ring (bicyclic) bond motifs is 2. The Hall–Kier alpha value is -8.72. The molecule has 3 aliphatic heterocycles. The number of carbonyl (C=O) groups excluding carboxylic acids is 5. The summed E-state index contributed by atoms with van der Waals surface area (Å²) in [7, 11) is 9.52. The largest absolute Gasteiger partial charge is 0.497 e. The molecule has 0 saturated carbocycles. The molecule has 486 valence electrons. The van der Waals surface area contributed by atoms with Gasteiger partial charge in [0.05, 0.1) is 75.0 Å². The van der Waals surface area contributed by atoms with Gasteiger partial charge >= 0.3 is 23.7 Å². The quantitative estimate of drug-likeness (QED) is 0.0450. The lowest BCUT2D eigenvalue weighted by Gasteiger charge is -2.30. The minimum absolute atomic E-state index is 0.0474. The molecule has 7 aromatic rings. The summed E-state index contributed by atoms with van der Waals surface area (Å²) in [6.45, 7) is 1.25. The van der Waals surface area contributed by atoms with E-state index >= 15 is 0 Å². The first-order valence-corrected chi connectivity index (χ1v) is 28.0. The average molecular weight is 1390 g/mol. The Morgan fingerprint density at radius 3 is 1.46 bits per heavy atom. The van der Waals surface area contributed by atoms with Crippen LogP contribution < -0.4 is 51.8 Å². The van der Waals surface area contributed by atoms with Crippen molar-refractivity contribution in [2.45, 2.75) is 94.1 Å². The lowest BCUT2D eigenvalue weighted by Crippen LogP contribution is -2.46. The number of nitrogens with two attached hydrogens (primary N) is 2. The third kappa shape index (κ3) is 18.4. The van der Waals surface area contributed by atoms with E-state index in [-0.39, 0.29) is 42.1 Å². The van der Waals surface area contributed by atoms with Crippen LogP contribution in [-0.4, -0.2) is 124 Å².